The standard InChI is InChI=1S/C17H21N3O/c1-3-9-19-16-6-4-14(5-7-16)17(21)20-12-15-8-10-18-11-13(15)2/h4-8,10-11,19H,3,9,12H2,1-2H3,(H,20,21). The third-order valence-corrected chi connectivity index (χ3v) is 3.30. The van der Waals surface area contributed by atoms with Crippen molar-refractivity contribution in [3.05, 3.63) is 59.4 Å². The van der Waals surface area contributed by atoms with Crippen molar-refractivity contribution in [1.82, 2.24) is 10.3 Å². The molecule has 0 aliphatic rings. The van der Waals surface area contributed by atoms with Crippen LogP contribution in [0.5, 0.6) is 0 Å². The summed E-state index contributed by atoms with van der Waals surface area (Å²) in [4.78, 5) is 16.2. The number of benzene rings is 1. The zero-order chi connectivity index (χ0) is 15.1. The van der Waals surface area contributed by atoms with Gasteiger partial charge in [0.2, 0.25) is 0 Å². The number of anilines is 1. The van der Waals surface area contributed by atoms with Crippen molar-refractivity contribution in [1.29, 1.82) is 0 Å². The highest BCUT2D eigenvalue weighted by molar-refractivity contribution is 5.94. The maximum atomic E-state index is 12.1. The van der Waals surface area contributed by atoms with Crippen LogP contribution in [-0.4, -0.2) is 17.4 Å². The lowest BCUT2D eigenvalue weighted by atomic mass is 10.1. The number of pyridine rings is 1. The number of hydrogen-bond acceptors (Lipinski definition) is 3. The molecule has 0 bridgehead atoms. The van der Waals surface area contributed by atoms with E-state index in [0.29, 0.717) is 12.1 Å². The second-order valence-electron chi connectivity index (χ2n) is 4.99. The van der Waals surface area contributed by atoms with E-state index >= 15 is 0 Å². The number of aromatic nitrogens is 1. The minimum atomic E-state index is -0.0618. The van der Waals surface area contributed by atoms with Gasteiger partial charge in [-0.1, -0.05) is 6.92 Å². The Bertz CT molecular complexity index is 593. The van der Waals surface area contributed by atoms with Crippen LogP contribution in [0.15, 0.2) is 42.7 Å². The van der Waals surface area contributed by atoms with E-state index in [-0.39, 0.29) is 5.91 Å². The van der Waals surface area contributed by atoms with Gasteiger partial charge in [-0.25, -0.2) is 0 Å². The van der Waals surface area contributed by atoms with Crippen molar-refractivity contribution >= 4 is 11.6 Å². The van der Waals surface area contributed by atoms with Crippen molar-refractivity contribution in [2.75, 3.05) is 11.9 Å². The summed E-state index contributed by atoms with van der Waals surface area (Å²) in [5, 5.41) is 6.22. The fourth-order valence-electron chi connectivity index (χ4n) is 1.99. The van der Waals surface area contributed by atoms with Gasteiger partial charge in [0.1, 0.15) is 0 Å². The first-order valence-corrected chi connectivity index (χ1v) is 7.22. The van der Waals surface area contributed by atoms with E-state index in [1.165, 1.54) is 0 Å². The van der Waals surface area contributed by atoms with Crippen molar-refractivity contribution in [2.45, 2.75) is 26.8 Å². The van der Waals surface area contributed by atoms with Gasteiger partial charge < -0.3 is 10.6 Å². The lowest BCUT2D eigenvalue weighted by Gasteiger charge is -2.09. The van der Waals surface area contributed by atoms with E-state index in [2.05, 4.69) is 22.5 Å². The molecule has 1 heterocycles. The molecule has 0 aliphatic heterocycles. The number of nitrogens with zero attached hydrogens (tertiary/aromatic N) is 1. The summed E-state index contributed by atoms with van der Waals surface area (Å²) in [6.45, 7) is 5.56. The maximum absolute atomic E-state index is 12.1. The lowest BCUT2D eigenvalue weighted by molar-refractivity contribution is 0.0951. The zero-order valence-corrected chi connectivity index (χ0v) is 12.5. The second-order valence-corrected chi connectivity index (χ2v) is 4.99. The molecule has 1 amide bonds. The Morgan fingerprint density at radius 3 is 2.62 bits per heavy atom. The Hall–Kier alpha value is -2.36. The monoisotopic (exact) mass is 283 g/mol. The summed E-state index contributed by atoms with van der Waals surface area (Å²) in [5.74, 6) is -0.0618. The molecule has 1 aromatic heterocycles. The average molecular weight is 283 g/mol. The number of aryl methyl sites for hydroxylation is 1. The summed E-state index contributed by atoms with van der Waals surface area (Å²) in [5.41, 5.74) is 3.87. The predicted octanol–water partition coefficient (Wildman–Crippen LogP) is 3.14. The molecular weight excluding hydrogens is 262 g/mol. The molecule has 0 spiro atoms. The molecule has 2 aromatic rings. The quantitative estimate of drug-likeness (QED) is 0.856. The highest BCUT2D eigenvalue weighted by Crippen LogP contribution is 2.10. The molecule has 110 valence electrons. The lowest BCUT2D eigenvalue weighted by Crippen LogP contribution is -2.23. The summed E-state index contributed by atoms with van der Waals surface area (Å²) in [7, 11) is 0. The normalized spacial score (nSPS) is 10.2. The van der Waals surface area contributed by atoms with Gasteiger partial charge >= 0.3 is 0 Å². The fraction of sp³-hybridized carbons (Fsp3) is 0.294. The van der Waals surface area contributed by atoms with Crippen LogP contribution in [0.4, 0.5) is 5.69 Å². The molecule has 0 saturated heterocycles. The number of carbonyl (C=O) groups excluding carboxylic acids is 1. The van der Waals surface area contributed by atoms with Crippen LogP contribution in [0, 0.1) is 6.92 Å². The molecule has 4 nitrogen and oxygen atoms in total. The Kier molecular flexibility index (Phi) is 5.32. The van der Waals surface area contributed by atoms with Crippen LogP contribution in [0.2, 0.25) is 0 Å². The van der Waals surface area contributed by atoms with E-state index in [9.17, 15) is 4.79 Å². The van der Waals surface area contributed by atoms with Crippen molar-refractivity contribution in [3.8, 4) is 0 Å². The number of nitrogens with one attached hydrogen (secondary N) is 2. The molecule has 0 unspecified atom stereocenters. The molecule has 4 heteroatoms. The summed E-state index contributed by atoms with van der Waals surface area (Å²) < 4.78 is 0. The van der Waals surface area contributed by atoms with Gasteiger partial charge in [0.15, 0.2) is 0 Å². The van der Waals surface area contributed by atoms with Crippen molar-refractivity contribution < 1.29 is 4.79 Å². The predicted molar refractivity (Wildman–Crippen MR) is 85.4 cm³/mol. The van der Waals surface area contributed by atoms with Crippen LogP contribution >= 0.6 is 0 Å². The largest absolute Gasteiger partial charge is 0.385 e. The Balaban J connectivity index is 1.93. The van der Waals surface area contributed by atoms with Crippen molar-refractivity contribution in [2.24, 2.45) is 0 Å². The van der Waals surface area contributed by atoms with E-state index in [1.54, 1.807) is 12.4 Å². The van der Waals surface area contributed by atoms with E-state index in [1.807, 2.05) is 37.3 Å². The minimum Gasteiger partial charge on any atom is -0.385 e. The third kappa shape index (κ3) is 4.31. The summed E-state index contributed by atoms with van der Waals surface area (Å²) in [6, 6.07) is 9.47. The molecule has 0 aliphatic carbocycles. The highest BCUT2D eigenvalue weighted by Gasteiger charge is 2.06. The highest BCUT2D eigenvalue weighted by atomic mass is 16.1. The summed E-state index contributed by atoms with van der Waals surface area (Å²) >= 11 is 0. The molecule has 0 atom stereocenters. The van der Waals surface area contributed by atoms with Gasteiger partial charge in [-0.3, -0.25) is 9.78 Å². The first-order valence-electron chi connectivity index (χ1n) is 7.22. The Labute approximate surface area is 125 Å². The van der Waals surface area contributed by atoms with Gasteiger partial charge in [0.25, 0.3) is 5.91 Å². The maximum Gasteiger partial charge on any atom is 0.251 e. The minimum absolute atomic E-state index is 0.0618. The number of rotatable bonds is 6. The number of carbonyl (C=O) groups is 1. The Morgan fingerprint density at radius 2 is 1.95 bits per heavy atom. The summed E-state index contributed by atoms with van der Waals surface area (Å²) in [6.07, 6.45) is 4.62. The molecule has 0 saturated carbocycles. The van der Waals surface area contributed by atoms with Crippen LogP contribution in [-0.2, 0) is 6.54 Å². The third-order valence-electron chi connectivity index (χ3n) is 3.30. The number of amides is 1. The van der Waals surface area contributed by atoms with Gasteiger partial charge in [0, 0.05) is 36.7 Å². The molecule has 2 rings (SSSR count). The van der Waals surface area contributed by atoms with E-state index < -0.39 is 0 Å². The van der Waals surface area contributed by atoms with Gasteiger partial charge in [0.05, 0.1) is 0 Å². The molecule has 0 radical (unpaired) electrons. The molecule has 1 aromatic carbocycles. The van der Waals surface area contributed by atoms with Gasteiger partial charge in [-0.05, 0) is 54.8 Å². The molecular formula is C17H21N3O. The molecule has 21 heavy (non-hydrogen) atoms. The van der Waals surface area contributed by atoms with E-state index in [0.717, 1.165) is 29.8 Å². The topological polar surface area (TPSA) is 54.0 Å². The van der Waals surface area contributed by atoms with Crippen LogP contribution in [0.3, 0.4) is 0 Å². The Morgan fingerprint density at radius 1 is 1.19 bits per heavy atom. The first-order chi connectivity index (χ1) is 10.2. The molecule has 0 fully saturated rings. The van der Waals surface area contributed by atoms with Crippen LogP contribution < -0.4 is 10.6 Å². The smallest absolute Gasteiger partial charge is 0.251 e. The van der Waals surface area contributed by atoms with E-state index in [4.69, 9.17) is 0 Å². The fourth-order valence-corrected chi connectivity index (χ4v) is 1.99. The van der Waals surface area contributed by atoms with Gasteiger partial charge in [-0.2, -0.15) is 0 Å². The molecule has 2 N–H and O–H groups in total. The zero-order valence-electron chi connectivity index (χ0n) is 12.5. The first kappa shape index (κ1) is 15.0. The number of hydrogen-bond donors (Lipinski definition) is 2. The van der Waals surface area contributed by atoms with Crippen LogP contribution in [0.25, 0.3) is 0 Å². The second kappa shape index (κ2) is 7.43. The van der Waals surface area contributed by atoms with Crippen LogP contribution in [0.1, 0.15) is 34.8 Å². The van der Waals surface area contributed by atoms with Crippen molar-refractivity contribution in [3.63, 3.8) is 0 Å². The average Bonchev–Trinajstić information content (AvgIpc) is 2.52. The SMILES string of the molecule is CCCNc1ccc(C(=O)NCc2ccncc2C)cc1. The van der Waals surface area contributed by atoms with Gasteiger partial charge in [-0.15, -0.1) is 0 Å².